The number of carbonyl (C=O) groups excluding carboxylic acids is 1. The van der Waals surface area contributed by atoms with Gasteiger partial charge in [-0.3, -0.25) is 9.78 Å². The fraction of sp³-hybridized carbons (Fsp3) is 0.333. The Hall–Kier alpha value is -2.40. The number of aliphatic hydroxyl groups is 1. The molecule has 120 valence electrons. The number of anilines is 2. The number of amides is 1. The van der Waals surface area contributed by atoms with E-state index in [4.69, 9.17) is 0 Å². The molecule has 5 heteroatoms. The highest BCUT2D eigenvalue weighted by molar-refractivity contribution is 5.94. The molecular weight excluding hydrogens is 290 g/mol. The lowest BCUT2D eigenvalue weighted by Gasteiger charge is -2.22. The van der Waals surface area contributed by atoms with Gasteiger partial charge in [0.2, 0.25) is 0 Å². The number of pyridine rings is 1. The minimum atomic E-state index is -0.724. The van der Waals surface area contributed by atoms with Crippen LogP contribution >= 0.6 is 0 Å². The summed E-state index contributed by atoms with van der Waals surface area (Å²) in [6, 6.07) is 11.0. The number of benzene rings is 1. The molecule has 2 aromatic rings. The van der Waals surface area contributed by atoms with Crippen LogP contribution in [0.2, 0.25) is 0 Å². The van der Waals surface area contributed by atoms with Gasteiger partial charge in [-0.05, 0) is 49.2 Å². The molecule has 3 rings (SSSR count). The molecule has 0 aliphatic heterocycles. The molecule has 0 bridgehead atoms. The van der Waals surface area contributed by atoms with E-state index in [9.17, 15) is 9.90 Å². The van der Waals surface area contributed by atoms with Gasteiger partial charge in [-0.2, -0.15) is 0 Å². The van der Waals surface area contributed by atoms with Crippen LogP contribution in [0, 0.1) is 0 Å². The molecule has 1 aliphatic carbocycles. The zero-order chi connectivity index (χ0) is 16.1. The van der Waals surface area contributed by atoms with Gasteiger partial charge in [0.05, 0.1) is 5.60 Å². The van der Waals surface area contributed by atoms with Crippen molar-refractivity contribution < 1.29 is 9.90 Å². The SMILES string of the molecule is O=C(NCC1(O)CCCC1)c1ccc(Nc2ccncc2)cc1. The van der Waals surface area contributed by atoms with E-state index in [2.05, 4.69) is 15.6 Å². The Morgan fingerprint density at radius 3 is 2.30 bits per heavy atom. The molecule has 1 aromatic carbocycles. The Balaban J connectivity index is 1.57. The predicted molar refractivity (Wildman–Crippen MR) is 89.7 cm³/mol. The van der Waals surface area contributed by atoms with Crippen molar-refractivity contribution in [3.8, 4) is 0 Å². The van der Waals surface area contributed by atoms with Gasteiger partial charge < -0.3 is 15.7 Å². The summed E-state index contributed by atoms with van der Waals surface area (Å²) in [5.74, 6) is -0.152. The van der Waals surface area contributed by atoms with Gasteiger partial charge >= 0.3 is 0 Å². The van der Waals surface area contributed by atoms with Gasteiger partial charge in [0.1, 0.15) is 0 Å². The van der Waals surface area contributed by atoms with E-state index in [1.807, 2.05) is 24.3 Å². The largest absolute Gasteiger partial charge is 0.388 e. The topological polar surface area (TPSA) is 74.2 Å². The van der Waals surface area contributed by atoms with E-state index in [0.29, 0.717) is 12.1 Å². The molecule has 1 aliphatic rings. The van der Waals surface area contributed by atoms with Crippen LogP contribution in [-0.4, -0.2) is 28.1 Å². The first-order valence-corrected chi connectivity index (χ1v) is 7.92. The van der Waals surface area contributed by atoms with Crippen LogP contribution in [0.5, 0.6) is 0 Å². The second kappa shape index (κ2) is 6.79. The molecule has 3 N–H and O–H groups in total. The smallest absolute Gasteiger partial charge is 0.251 e. The third kappa shape index (κ3) is 4.07. The van der Waals surface area contributed by atoms with E-state index in [1.54, 1.807) is 24.5 Å². The van der Waals surface area contributed by atoms with E-state index >= 15 is 0 Å². The van der Waals surface area contributed by atoms with Crippen LogP contribution in [0.1, 0.15) is 36.0 Å². The summed E-state index contributed by atoms with van der Waals surface area (Å²) in [6.07, 6.45) is 7.03. The molecule has 1 heterocycles. The lowest BCUT2D eigenvalue weighted by molar-refractivity contribution is 0.0449. The van der Waals surface area contributed by atoms with Crippen molar-refractivity contribution in [3.63, 3.8) is 0 Å². The standard InChI is InChI=1S/C18H21N3O2/c22-17(20-13-18(23)9-1-2-10-18)14-3-5-15(6-4-14)21-16-7-11-19-12-8-16/h3-8,11-12,23H,1-2,9-10,13H2,(H,19,21)(H,20,22). The molecule has 23 heavy (non-hydrogen) atoms. The third-order valence-corrected chi connectivity index (χ3v) is 4.23. The van der Waals surface area contributed by atoms with Crippen molar-refractivity contribution in [1.29, 1.82) is 0 Å². The molecule has 1 fully saturated rings. The molecule has 1 amide bonds. The van der Waals surface area contributed by atoms with Crippen LogP contribution in [0.15, 0.2) is 48.8 Å². The van der Waals surface area contributed by atoms with Crippen LogP contribution in [0.3, 0.4) is 0 Å². The minimum Gasteiger partial charge on any atom is -0.388 e. The Morgan fingerprint density at radius 1 is 1.04 bits per heavy atom. The second-order valence-electron chi connectivity index (χ2n) is 6.05. The predicted octanol–water partition coefficient (Wildman–Crippen LogP) is 2.86. The zero-order valence-corrected chi connectivity index (χ0v) is 13.0. The number of rotatable bonds is 5. The first-order valence-electron chi connectivity index (χ1n) is 7.92. The number of aromatic nitrogens is 1. The highest BCUT2D eigenvalue weighted by Crippen LogP contribution is 2.28. The van der Waals surface area contributed by atoms with Crippen LogP contribution in [-0.2, 0) is 0 Å². The quantitative estimate of drug-likeness (QED) is 0.794. The minimum absolute atomic E-state index is 0.152. The molecule has 0 saturated heterocycles. The number of nitrogens with one attached hydrogen (secondary N) is 2. The summed E-state index contributed by atoms with van der Waals surface area (Å²) in [7, 11) is 0. The van der Waals surface area contributed by atoms with Gasteiger partial charge in [-0.25, -0.2) is 0 Å². The van der Waals surface area contributed by atoms with Crippen molar-refractivity contribution in [2.45, 2.75) is 31.3 Å². The fourth-order valence-electron chi connectivity index (χ4n) is 2.86. The number of hydrogen-bond acceptors (Lipinski definition) is 4. The van der Waals surface area contributed by atoms with Crippen molar-refractivity contribution in [2.24, 2.45) is 0 Å². The lowest BCUT2D eigenvalue weighted by Crippen LogP contribution is -2.40. The summed E-state index contributed by atoms with van der Waals surface area (Å²) < 4.78 is 0. The van der Waals surface area contributed by atoms with E-state index < -0.39 is 5.60 Å². The molecule has 1 saturated carbocycles. The summed E-state index contributed by atoms with van der Waals surface area (Å²) in [5.41, 5.74) is 1.72. The average molecular weight is 311 g/mol. The highest BCUT2D eigenvalue weighted by Gasteiger charge is 2.31. The average Bonchev–Trinajstić information content (AvgIpc) is 3.01. The van der Waals surface area contributed by atoms with Gasteiger partial charge in [-0.15, -0.1) is 0 Å². The Labute approximate surface area is 135 Å². The molecule has 0 spiro atoms. The second-order valence-corrected chi connectivity index (χ2v) is 6.05. The molecule has 0 unspecified atom stereocenters. The third-order valence-electron chi connectivity index (χ3n) is 4.23. The van der Waals surface area contributed by atoms with Gasteiger partial charge in [-0.1, -0.05) is 12.8 Å². The van der Waals surface area contributed by atoms with Crippen LogP contribution in [0.4, 0.5) is 11.4 Å². The van der Waals surface area contributed by atoms with Gasteiger partial charge in [0, 0.05) is 35.9 Å². The Bertz CT molecular complexity index is 650. The van der Waals surface area contributed by atoms with Crippen molar-refractivity contribution >= 4 is 17.3 Å². The maximum Gasteiger partial charge on any atom is 0.251 e. The monoisotopic (exact) mass is 311 g/mol. The van der Waals surface area contributed by atoms with Gasteiger partial charge in [0.25, 0.3) is 5.91 Å². The maximum atomic E-state index is 12.2. The van der Waals surface area contributed by atoms with E-state index in [-0.39, 0.29) is 5.91 Å². The molecular formula is C18H21N3O2. The van der Waals surface area contributed by atoms with Gasteiger partial charge in [0.15, 0.2) is 0 Å². The molecule has 5 nitrogen and oxygen atoms in total. The summed E-state index contributed by atoms with van der Waals surface area (Å²) >= 11 is 0. The number of carbonyl (C=O) groups is 1. The van der Waals surface area contributed by atoms with Crippen molar-refractivity contribution in [2.75, 3.05) is 11.9 Å². The summed E-state index contributed by atoms with van der Waals surface area (Å²) in [5, 5.41) is 16.3. The maximum absolute atomic E-state index is 12.2. The normalized spacial score (nSPS) is 16.0. The Morgan fingerprint density at radius 2 is 1.65 bits per heavy atom. The number of hydrogen-bond donors (Lipinski definition) is 3. The van der Waals surface area contributed by atoms with Crippen molar-refractivity contribution in [1.82, 2.24) is 10.3 Å². The molecule has 1 aromatic heterocycles. The van der Waals surface area contributed by atoms with Crippen molar-refractivity contribution in [3.05, 3.63) is 54.4 Å². The highest BCUT2D eigenvalue weighted by atomic mass is 16.3. The van der Waals surface area contributed by atoms with Crippen LogP contribution in [0.25, 0.3) is 0 Å². The first-order chi connectivity index (χ1) is 11.1. The zero-order valence-electron chi connectivity index (χ0n) is 13.0. The summed E-state index contributed by atoms with van der Waals surface area (Å²) in [4.78, 5) is 16.1. The lowest BCUT2D eigenvalue weighted by atomic mass is 10.0. The molecule has 0 radical (unpaired) electrons. The van der Waals surface area contributed by atoms with E-state index in [0.717, 1.165) is 37.1 Å². The summed E-state index contributed by atoms with van der Waals surface area (Å²) in [6.45, 7) is 0.322. The molecule has 0 atom stereocenters. The fourth-order valence-corrected chi connectivity index (χ4v) is 2.86. The Kier molecular flexibility index (Phi) is 4.57. The van der Waals surface area contributed by atoms with Crippen LogP contribution < -0.4 is 10.6 Å². The number of nitrogens with zero attached hydrogens (tertiary/aromatic N) is 1. The first kappa shape index (κ1) is 15.5. The van der Waals surface area contributed by atoms with E-state index in [1.165, 1.54) is 0 Å².